The number of aromatic nitrogens is 3. The van der Waals surface area contributed by atoms with Crippen molar-refractivity contribution in [2.75, 3.05) is 31.7 Å². The molecular formula is C33H32N4O6. The molecule has 0 aliphatic rings. The molecule has 0 aliphatic heterocycles. The second-order valence-corrected chi connectivity index (χ2v) is 9.06. The molecule has 43 heavy (non-hydrogen) atoms. The van der Waals surface area contributed by atoms with Crippen LogP contribution in [0.5, 0.6) is 11.5 Å². The highest BCUT2D eigenvalue weighted by atomic mass is 16.6. The van der Waals surface area contributed by atoms with Crippen LogP contribution in [0.4, 0.5) is 11.6 Å². The van der Waals surface area contributed by atoms with E-state index in [4.69, 9.17) is 23.9 Å². The molecule has 0 radical (unpaired) electrons. The average Bonchev–Trinajstić information content (AvgIpc) is 3.03. The number of ether oxygens (including phenoxy) is 4. The summed E-state index contributed by atoms with van der Waals surface area (Å²) in [6.45, 7) is 7.48. The molecule has 0 bridgehead atoms. The Morgan fingerprint density at radius 3 is 1.53 bits per heavy atom. The lowest BCUT2D eigenvalue weighted by Gasteiger charge is -2.11. The second kappa shape index (κ2) is 16.1. The van der Waals surface area contributed by atoms with E-state index in [1.165, 1.54) is 0 Å². The summed E-state index contributed by atoms with van der Waals surface area (Å²) in [5, 5.41) is 3.27. The number of hydrogen-bond acceptors (Lipinski definition) is 10. The number of benzene rings is 3. The zero-order valence-electron chi connectivity index (χ0n) is 23.6. The monoisotopic (exact) mass is 580 g/mol. The minimum Gasteiger partial charge on any atom is -0.490 e. The Kier molecular flexibility index (Phi) is 11.4. The first-order chi connectivity index (χ1) is 21.0. The first kappa shape index (κ1) is 30.4. The normalized spacial score (nSPS) is 10.3. The molecule has 4 aromatic rings. The van der Waals surface area contributed by atoms with Gasteiger partial charge in [0.2, 0.25) is 5.95 Å². The summed E-state index contributed by atoms with van der Waals surface area (Å²) in [6, 6.07) is 24.9. The summed E-state index contributed by atoms with van der Waals surface area (Å²) in [6.07, 6.45) is 3.20. The van der Waals surface area contributed by atoms with Crippen LogP contribution in [0.2, 0.25) is 0 Å². The maximum Gasteiger partial charge on any atom is 0.330 e. The molecule has 4 rings (SSSR count). The average molecular weight is 581 g/mol. The van der Waals surface area contributed by atoms with Crippen molar-refractivity contribution in [1.29, 1.82) is 0 Å². The van der Waals surface area contributed by atoms with Gasteiger partial charge in [0.25, 0.3) is 0 Å². The molecule has 0 unspecified atom stereocenters. The SMILES string of the molecule is C=CC(=O)OCCOc1ccc(Cc2nc(Cc3ccc(OCCOC(=O)C=C)cc3)nc(Nc3ccccc3)n2)cc1. The van der Waals surface area contributed by atoms with Gasteiger partial charge in [-0.05, 0) is 47.5 Å². The van der Waals surface area contributed by atoms with Crippen LogP contribution in [0, 0.1) is 0 Å². The Morgan fingerprint density at radius 1 is 0.628 bits per heavy atom. The number of hydrogen-bond donors (Lipinski definition) is 1. The van der Waals surface area contributed by atoms with E-state index < -0.39 is 11.9 Å². The van der Waals surface area contributed by atoms with Gasteiger partial charge in [-0.1, -0.05) is 55.6 Å². The third-order valence-corrected chi connectivity index (χ3v) is 5.86. The van der Waals surface area contributed by atoms with Gasteiger partial charge in [-0.3, -0.25) is 0 Å². The largest absolute Gasteiger partial charge is 0.490 e. The van der Waals surface area contributed by atoms with Crippen molar-refractivity contribution in [2.24, 2.45) is 0 Å². The van der Waals surface area contributed by atoms with Crippen LogP contribution in [0.25, 0.3) is 0 Å². The minimum absolute atomic E-state index is 0.139. The van der Waals surface area contributed by atoms with Crippen molar-refractivity contribution in [1.82, 2.24) is 15.0 Å². The third-order valence-electron chi connectivity index (χ3n) is 5.86. The number of carbonyl (C=O) groups excluding carboxylic acids is 2. The van der Waals surface area contributed by atoms with Gasteiger partial charge >= 0.3 is 11.9 Å². The van der Waals surface area contributed by atoms with E-state index in [9.17, 15) is 9.59 Å². The molecule has 0 fully saturated rings. The lowest BCUT2D eigenvalue weighted by atomic mass is 10.1. The highest BCUT2D eigenvalue weighted by Gasteiger charge is 2.10. The number of nitrogens with zero attached hydrogens (tertiary/aromatic N) is 3. The summed E-state index contributed by atoms with van der Waals surface area (Å²) < 4.78 is 21.1. The van der Waals surface area contributed by atoms with Crippen LogP contribution in [-0.2, 0) is 31.9 Å². The van der Waals surface area contributed by atoms with Crippen LogP contribution >= 0.6 is 0 Å². The molecule has 220 valence electrons. The maximum atomic E-state index is 11.1. The topological polar surface area (TPSA) is 122 Å². The quantitative estimate of drug-likeness (QED) is 0.110. The molecule has 1 heterocycles. The molecule has 0 saturated carbocycles. The van der Waals surface area contributed by atoms with Gasteiger partial charge in [0.1, 0.15) is 49.6 Å². The highest BCUT2D eigenvalue weighted by Crippen LogP contribution is 2.19. The van der Waals surface area contributed by atoms with Crippen molar-refractivity contribution in [3.8, 4) is 11.5 Å². The van der Waals surface area contributed by atoms with Crippen molar-refractivity contribution in [2.45, 2.75) is 12.8 Å². The number of carbonyl (C=O) groups is 2. The fraction of sp³-hybridized carbons (Fsp3) is 0.182. The van der Waals surface area contributed by atoms with Crippen LogP contribution in [0.3, 0.4) is 0 Å². The standard InChI is InChI=1S/C33H32N4O6/c1-3-31(38)42-20-18-40-27-14-10-24(11-15-27)22-29-35-30(37-33(36-29)34-26-8-6-5-7-9-26)23-25-12-16-28(17-13-25)41-19-21-43-32(39)4-2/h3-17H,1-2,18-23H2,(H,34,35,36,37). The molecule has 0 atom stereocenters. The van der Waals surface area contributed by atoms with Gasteiger partial charge in [0, 0.05) is 30.7 Å². The Balaban J connectivity index is 1.41. The minimum atomic E-state index is -0.483. The summed E-state index contributed by atoms with van der Waals surface area (Å²) in [5.74, 6) is 2.03. The summed E-state index contributed by atoms with van der Waals surface area (Å²) in [4.78, 5) is 36.4. The first-order valence-corrected chi connectivity index (χ1v) is 13.6. The van der Waals surface area contributed by atoms with Gasteiger partial charge in [-0.25, -0.2) is 14.6 Å². The zero-order chi connectivity index (χ0) is 30.3. The molecule has 3 aromatic carbocycles. The van der Waals surface area contributed by atoms with Crippen molar-refractivity contribution in [3.05, 3.63) is 127 Å². The van der Waals surface area contributed by atoms with Crippen LogP contribution in [-0.4, -0.2) is 53.3 Å². The van der Waals surface area contributed by atoms with Crippen LogP contribution in [0.1, 0.15) is 22.8 Å². The fourth-order valence-electron chi connectivity index (χ4n) is 3.83. The number of anilines is 2. The van der Waals surface area contributed by atoms with Gasteiger partial charge in [-0.15, -0.1) is 0 Å². The van der Waals surface area contributed by atoms with Crippen LogP contribution in [0.15, 0.2) is 104 Å². The predicted octanol–water partition coefficient (Wildman–Crippen LogP) is 5.01. The van der Waals surface area contributed by atoms with Crippen molar-refractivity contribution >= 4 is 23.6 Å². The van der Waals surface area contributed by atoms with E-state index in [2.05, 4.69) is 28.4 Å². The van der Waals surface area contributed by atoms with Crippen molar-refractivity contribution in [3.63, 3.8) is 0 Å². The van der Waals surface area contributed by atoms with Crippen molar-refractivity contribution < 1.29 is 28.5 Å². The molecule has 0 spiro atoms. The van der Waals surface area contributed by atoms with E-state index in [1.807, 2.05) is 78.9 Å². The molecular weight excluding hydrogens is 548 g/mol. The Bertz CT molecular complexity index is 1420. The van der Waals surface area contributed by atoms with E-state index in [0.29, 0.717) is 41.9 Å². The molecule has 1 N–H and O–H groups in total. The van der Waals surface area contributed by atoms with Gasteiger partial charge in [-0.2, -0.15) is 9.97 Å². The molecule has 10 heteroatoms. The Labute approximate surface area is 250 Å². The Hall–Kier alpha value is -5.51. The molecule has 10 nitrogen and oxygen atoms in total. The highest BCUT2D eigenvalue weighted by molar-refractivity contribution is 5.81. The lowest BCUT2D eigenvalue weighted by molar-refractivity contribution is -0.139. The first-order valence-electron chi connectivity index (χ1n) is 13.6. The summed E-state index contributed by atoms with van der Waals surface area (Å²) in [7, 11) is 0. The van der Waals surface area contributed by atoms with E-state index in [-0.39, 0.29) is 26.4 Å². The number of para-hydroxylation sites is 1. The fourth-order valence-corrected chi connectivity index (χ4v) is 3.83. The van der Waals surface area contributed by atoms with E-state index >= 15 is 0 Å². The van der Waals surface area contributed by atoms with Gasteiger partial charge in [0.15, 0.2) is 0 Å². The molecule has 0 saturated heterocycles. The number of esters is 2. The van der Waals surface area contributed by atoms with E-state index in [1.54, 1.807) is 0 Å². The third kappa shape index (κ3) is 10.4. The molecule has 1 aromatic heterocycles. The lowest BCUT2D eigenvalue weighted by Crippen LogP contribution is -2.10. The van der Waals surface area contributed by atoms with Gasteiger partial charge < -0.3 is 24.3 Å². The second-order valence-electron chi connectivity index (χ2n) is 9.06. The number of rotatable bonds is 16. The Morgan fingerprint density at radius 2 is 1.09 bits per heavy atom. The van der Waals surface area contributed by atoms with E-state index in [0.717, 1.165) is 29.0 Å². The smallest absolute Gasteiger partial charge is 0.330 e. The predicted molar refractivity (Wildman–Crippen MR) is 161 cm³/mol. The summed E-state index contributed by atoms with van der Waals surface area (Å²) >= 11 is 0. The number of nitrogens with one attached hydrogen (secondary N) is 1. The summed E-state index contributed by atoms with van der Waals surface area (Å²) in [5.41, 5.74) is 2.85. The molecule has 0 aliphatic carbocycles. The molecule has 0 amide bonds. The zero-order valence-corrected chi connectivity index (χ0v) is 23.6. The van der Waals surface area contributed by atoms with Gasteiger partial charge in [0.05, 0.1) is 0 Å². The maximum absolute atomic E-state index is 11.1. The van der Waals surface area contributed by atoms with Crippen LogP contribution < -0.4 is 14.8 Å².